The smallest absolute Gasteiger partial charge is 0.247 e. The molecule has 0 saturated heterocycles. The summed E-state index contributed by atoms with van der Waals surface area (Å²) in [6.07, 6.45) is 0. The number of hydrogen-bond donors (Lipinski definition) is 0. The van der Waals surface area contributed by atoms with Crippen molar-refractivity contribution in [1.82, 2.24) is 30.4 Å². The van der Waals surface area contributed by atoms with E-state index in [0.717, 1.165) is 17.0 Å². The Labute approximate surface area is 163 Å². The van der Waals surface area contributed by atoms with Crippen LogP contribution in [-0.2, 0) is 5.75 Å². The summed E-state index contributed by atoms with van der Waals surface area (Å²) in [5.74, 6) is 2.13. The predicted molar refractivity (Wildman–Crippen MR) is 100 cm³/mol. The highest BCUT2D eigenvalue weighted by atomic mass is 35.5. The van der Waals surface area contributed by atoms with Gasteiger partial charge in [0, 0.05) is 10.6 Å². The first-order chi connectivity index (χ1) is 13.2. The molecule has 0 bridgehead atoms. The van der Waals surface area contributed by atoms with Crippen molar-refractivity contribution in [1.29, 1.82) is 0 Å². The van der Waals surface area contributed by atoms with Gasteiger partial charge in [-0.25, -0.2) is 0 Å². The number of aromatic nitrogens is 6. The molecular weight excluding hydrogens is 388 g/mol. The molecule has 0 fully saturated rings. The van der Waals surface area contributed by atoms with Gasteiger partial charge in [-0.05, 0) is 59.0 Å². The zero-order chi connectivity index (χ0) is 18.6. The van der Waals surface area contributed by atoms with Gasteiger partial charge in [0.05, 0.1) is 18.6 Å². The summed E-state index contributed by atoms with van der Waals surface area (Å²) in [5.41, 5.74) is 1.64. The zero-order valence-electron chi connectivity index (χ0n) is 14.1. The second-order valence-electron chi connectivity index (χ2n) is 5.37. The topological polar surface area (TPSA) is 91.8 Å². The Bertz CT molecular complexity index is 1030. The highest BCUT2D eigenvalue weighted by Crippen LogP contribution is 2.25. The van der Waals surface area contributed by atoms with Gasteiger partial charge >= 0.3 is 0 Å². The molecule has 27 heavy (non-hydrogen) atoms. The van der Waals surface area contributed by atoms with Gasteiger partial charge in [0.2, 0.25) is 16.9 Å². The van der Waals surface area contributed by atoms with Crippen LogP contribution in [-0.4, -0.2) is 37.5 Å². The van der Waals surface area contributed by atoms with Gasteiger partial charge in [-0.1, -0.05) is 23.4 Å². The molecule has 0 aliphatic carbocycles. The van der Waals surface area contributed by atoms with Crippen LogP contribution in [0.3, 0.4) is 0 Å². The van der Waals surface area contributed by atoms with Crippen molar-refractivity contribution >= 4 is 23.4 Å². The average molecular weight is 401 g/mol. The van der Waals surface area contributed by atoms with Gasteiger partial charge in [0.15, 0.2) is 0 Å². The number of halogens is 1. The van der Waals surface area contributed by atoms with E-state index in [9.17, 15) is 0 Å². The van der Waals surface area contributed by atoms with E-state index < -0.39 is 0 Å². The third-order valence-corrected chi connectivity index (χ3v) is 4.80. The van der Waals surface area contributed by atoms with E-state index in [1.165, 1.54) is 11.8 Å². The fourth-order valence-electron chi connectivity index (χ4n) is 2.30. The molecule has 0 aliphatic heterocycles. The lowest BCUT2D eigenvalue weighted by atomic mass is 10.2. The van der Waals surface area contributed by atoms with Gasteiger partial charge in [-0.2, -0.15) is 4.68 Å². The Balaban J connectivity index is 1.47. The fraction of sp³-hybridized carbons (Fsp3) is 0.118. The Morgan fingerprint density at radius 3 is 2.56 bits per heavy atom. The maximum Gasteiger partial charge on any atom is 0.247 e. The van der Waals surface area contributed by atoms with E-state index >= 15 is 0 Å². The van der Waals surface area contributed by atoms with Crippen LogP contribution in [0.1, 0.15) is 5.89 Å². The highest BCUT2D eigenvalue weighted by Gasteiger charge is 2.13. The van der Waals surface area contributed by atoms with E-state index in [1.54, 1.807) is 23.9 Å². The minimum absolute atomic E-state index is 0.442. The molecule has 0 aliphatic rings. The van der Waals surface area contributed by atoms with E-state index in [-0.39, 0.29) is 0 Å². The Kier molecular flexibility index (Phi) is 5.03. The molecule has 0 amide bonds. The maximum absolute atomic E-state index is 5.90. The van der Waals surface area contributed by atoms with Gasteiger partial charge in [-0.15, -0.1) is 15.3 Å². The lowest BCUT2D eigenvalue weighted by Gasteiger charge is -2.04. The number of hydrogen-bond acceptors (Lipinski definition) is 8. The third-order valence-electron chi connectivity index (χ3n) is 3.64. The SMILES string of the molecule is COc1ccc(-n2nnnc2SCc2nnc(-c3ccc(Cl)cc3)o2)cc1. The van der Waals surface area contributed by atoms with Gasteiger partial charge in [-0.3, -0.25) is 0 Å². The lowest BCUT2D eigenvalue weighted by molar-refractivity contribution is 0.414. The summed E-state index contributed by atoms with van der Waals surface area (Å²) >= 11 is 7.30. The zero-order valence-corrected chi connectivity index (χ0v) is 15.7. The molecule has 2 heterocycles. The predicted octanol–water partition coefficient (Wildman–Crippen LogP) is 3.67. The molecule has 136 valence electrons. The van der Waals surface area contributed by atoms with Crippen molar-refractivity contribution in [2.24, 2.45) is 0 Å². The molecule has 0 spiro atoms. The molecule has 0 atom stereocenters. The molecule has 0 saturated carbocycles. The summed E-state index contributed by atoms with van der Waals surface area (Å²) in [7, 11) is 1.62. The largest absolute Gasteiger partial charge is 0.497 e. The second-order valence-corrected chi connectivity index (χ2v) is 6.75. The van der Waals surface area contributed by atoms with Crippen molar-refractivity contribution in [2.75, 3.05) is 7.11 Å². The van der Waals surface area contributed by atoms with E-state index in [0.29, 0.717) is 27.7 Å². The summed E-state index contributed by atoms with van der Waals surface area (Å²) < 4.78 is 12.5. The van der Waals surface area contributed by atoms with Gasteiger partial charge in [0.25, 0.3) is 0 Å². The van der Waals surface area contributed by atoms with E-state index in [2.05, 4.69) is 25.7 Å². The third kappa shape index (κ3) is 3.93. The van der Waals surface area contributed by atoms with Crippen LogP contribution >= 0.6 is 23.4 Å². The molecule has 0 unspecified atom stereocenters. The van der Waals surface area contributed by atoms with Crippen LogP contribution in [0.4, 0.5) is 0 Å². The van der Waals surface area contributed by atoms with Crippen molar-refractivity contribution < 1.29 is 9.15 Å². The fourth-order valence-corrected chi connectivity index (χ4v) is 3.16. The van der Waals surface area contributed by atoms with Crippen molar-refractivity contribution in [3.8, 4) is 22.9 Å². The number of rotatable bonds is 6. The maximum atomic E-state index is 5.90. The number of tetrazole rings is 1. The van der Waals surface area contributed by atoms with Crippen LogP contribution in [0.15, 0.2) is 58.1 Å². The van der Waals surface area contributed by atoms with Crippen molar-refractivity contribution in [3.63, 3.8) is 0 Å². The number of benzene rings is 2. The van der Waals surface area contributed by atoms with Crippen LogP contribution in [0.5, 0.6) is 5.75 Å². The normalized spacial score (nSPS) is 10.9. The molecule has 10 heteroatoms. The standard InChI is InChI=1S/C17H13ClN6O2S/c1-25-14-8-6-13(7-9-14)24-17(21-22-23-24)27-10-15-19-20-16(26-15)11-2-4-12(18)5-3-11/h2-9H,10H2,1H3. The summed E-state index contributed by atoms with van der Waals surface area (Å²) in [5, 5.41) is 21.2. The summed E-state index contributed by atoms with van der Waals surface area (Å²) in [6.45, 7) is 0. The Hall–Kier alpha value is -2.91. The van der Waals surface area contributed by atoms with Crippen LogP contribution < -0.4 is 4.74 Å². The highest BCUT2D eigenvalue weighted by molar-refractivity contribution is 7.98. The first-order valence-electron chi connectivity index (χ1n) is 7.87. The van der Waals surface area contributed by atoms with Crippen molar-refractivity contribution in [2.45, 2.75) is 10.9 Å². The number of nitrogens with zero attached hydrogens (tertiary/aromatic N) is 6. The first kappa shape index (κ1) is 17.5. The number of thioether (sulfide) groups is 1. The second kappa shape index (κ2) is 7.77. The first-order valence-corrected chi connectivity index (χ1v) is 9.23. The lowest BCUT2D eigenvalue weighted by Crippen LogP contribution is -1.99. The van der Waals surface area contributed by atoms with E-state index in [4.69, 9.17) is 20.8 Å². The minimum atomic E-state index is 0.442. The molecule has 4 rings (SSSR count). The number of methoxy groups -OCH3 is 1. The number of ether oxygens (including phenoxy) is 1. The average Bonchev–Trinajstić information content (AvgIpc) is 3.36. The molecule has 4 aromatic rings. The quantitative estimate of drug-likeness (QED) is 0.453. The molecule has 8 nitrogen and oxygen atoms in total. The van der Waals surface area contributed by atoms with Crippen LogP contribution in [0, 0.1) is 0 Å². The molecule has 0 radical (unpaired) electrons. The van der Waals surface area contributed by atoms with Gasteiger partial charge in [0.1, 0.15) is 5.75 Å². The monoisotopic (exact) mass is 400 g/mol. The Morgan fingerprint density at radius 1 is 1.04 bits per heavy atom. The minimum Gasteiger partial charge on any atom is -0.497 e. The molecule has 2 aromatic carbocycles. The van der Waals surface area contributed by atoms with Crippen LogP contribution in [0.25, 0.3) is 17.1 Å². The van der Waals surface area contributed by atoms with Crippen LogP contribution in [0.2, 0.25) is 5.02 Å². The van der Waals surface area contributed by atoms with Gasteiger partial charge < -0.3 is 9.15 Å². The van der Waals surface area contributed by atoms with E-state index in [1.807, 2.05) is 36.4 Å². The Morgan fingerprint density at radius 2 is 1.81 bits per heavy atom. The summed E-state index contributed by atoms with van der Waals surface area (Å²) in [6, 6.07) is 14.7. The van der Waals surface area contributed by atoms with Crippen molar-refractivity contribution in [3.05, 3.63) is 59.4 Å². The molecular formula is C17H13ClN6O2S. The molecule has 2 aromatic heterocycles. The summed E-state index contributed by atoms with van der Waals surface area (Å²) in [4.78, 5) is 0. The molecule has 0 N–H and O–H groups in total.